The van der Waals surface area contributed by atoms with Crippen LogP contribution in [-0.2, 0) is 16.1 Å². The van der Waals surface area contributed by atoms with E-state index in [0.29, 0.717) is 28.6 Å². The third-order valence-electron chi connectivity index (χ3n) is 5.31. The summed E-state index contributed by atoms with van der Waals surface area (Å²) in [5, 5.41) is 3.57. The summed E-state index contributed by atoms with van der Waals surface area (Å²) in [6.45, 7) is 1.56. The maximum atomic E-state index is 12.8. The first-order chi connectivity index (χ1) is 14.0. The van der Waals surface area contributed by atoms with Crippen LogP contribution in [0.25, 0.3) is 6.08 Å². The number of para-hydroxylation sites is 1. The number of rotatable bonds is 5. The second-order valence-electron chi connectivity index (χ2n) is 7.28. The number of likely N-dealkylation sites (tertiary alicyclic amines) is 1. The van der Waals surface area contributed by atoms with Gasteiger partial charge < -0.3 is 15.8 Å². The van der Waals surface area contributed by atoms with E-state index in [1.807, 2.05) is 24.3 Å². The summed E-state index contributed by atoms with van der Waals surface area (Å²) >= 11 is 6.05. The lowest BCUT2D eigenvalue weighted by Crippen LogP contribution is -2.39. The number of benzene rings is 2. The number of fused-ring (bicyclic) bond motifs is 1. The van der Waals surface area contributed by atoms with E-state index in [1.165, 1.54) is 0 Å². The Morgan fingerprint density at radius 1 is 1.24 bits per heavy atom. The quantitative estimate of drug-likeness (QED) is 0.791. The molecule has 29 heavy (non-hydrogen) atoms. The smallest absolute Gasteiger partial charge is 0.255 e. The number of nitrogens with two attached hydrogens (primary N) is 1. The van der Waals surface area contributed by atoms with E-state index in [4.69, 9.17) is 22.1 Å². The van der Waals surface area contributed by atoms with Crippen LogP contribution >= 0.6 is 11.6 Å². The van der Waals surface area contributed by atoms with Crippen LogP contribution in [0.2, 0.25) is 5.02 Å². The molecule has 150 valence electrons. The standard InChI is InChI=1S/C22H22ClN3O3/c23-17-7-8-20-15(11-17)10-16(13-29-20)22(28)25-18-5-2-1-4-14(18)12-26-9-3-6-19(26)21(24)27/h1-2,4-5,7-8,10-11,19H,3,6,9,12-13H2,(H2,24,27)(H,25,28). The number of anilines is 1. The van der Waals surface area contributed by atoms with Crippen molar-refractivity contribution in [3.05, 3.63) is 64.2 Å². The number of nitrogens with zero attached hydrogens (tertiary/aromatic N) is 1. The Bertz CT molecular complexity index is 989. The third kappa shape index (κ3) is 4.28. The van der Waals surface area contributed by atoms with Gasteiger partial charge in [0.25, 0.3) is 5.91 Å². The Balaban J connectivity index is 1.52. The molecule has 2 aromatic rings. The molecule has 1 unspecified atom stereocenters. The van der Waals surface area contributed by atoms with Crippen molar-refractivity contribution in [1.29, 1.82) is 0 Å². The fourth-order valence-corrected chi connectivity index (χ4v) is 4.00. The molecule has 7 heteroatoms. The van der Waals surface area contributed by atoms with E-state index in [9.17, 15) is 9.59 Å². The molecule has 2 aliphatic heterocycles. The number of ether oxygens (including phenoxy) is 1. The van der Waals surface area contributed by atoms with Crippen LogP contribution in [0.5, 0.6) is 5.75 Å². The highest BCUT2D eigenvalue weighted by Crippen LogP contribution is 2.30. The number of halogens is 1. The van der Waals surface area contributed by atoms with Gasteiger partial charge in [-0.25, -0.2) is 0 Å². The second-order valence-corrected chi connectivity index (χ2v) is 7.72. The molecule has 4 rings (SSSR count). The maximum absolute atomic E-state index is 12.8. The van der Waals surface area contributed by atoms with Crippen molar-refractivity contribution in [2.24, 2.45) is 5.73 Å². The minimum absolute atomic E-state index is 0.193. The molecule has 2 amide bonds. The summed E-state index contributed by atoms with van der Waals surface area (Å²) in [5.74, 6) is 0.180. The molecule has 0 aromatic heterocycles. The molecule has 1 saturated heterocycles. The molecule has 1 atom stereocenters. The molecule has 0 saturated carbocycles. The summed E-state index contributed by atoms with van der Waals surface area (Å²) in [6.07, 6.45) is 3.51. The number of carbonyl (C=O) groups excluding carboxylic acids is 2. The van der Waals surface area contributed by atoms with E-state index in [-0.39, 0.29) is 24.5 Å². The second kappa shape index (κ2) is 8.27. The maximum Gasteiger partial charge on any atom is 0.255 e. The van der Waals surface area contributed by atoms with Gasteiger partial charge in [0.2, 0.25) is 5.91 Å². The van der Waals surface area contributed by atoms with Crippen LogP contribution in [0.15, 0.2) is 48.0 Å². The van der Waals surface area contributed by atoms with Crippen molar-refractivity contribution in [3.63, 3.8) is 0 Å². The molecule has 2 heterocycles. The third-order valence-corrected chi connectivity index (χ3v) is 5.54. The van der Waals surface area contributed by atoms with Gasteiger partial charge in [-0.15, -0.1) is 0 Å². The van der Waals surface area contributed by atoms with Gasteiger partial charge in [0.15, 0.2) is 0 Å². The first kappa shape index (κ1) is 19.5. The Labute approximate surface area is 174 Å². The van der Waals surface area contributed by atoms with Crippen molar-refractivity contribution >= 4 is 35.2 Å². The minimum atomic E-state index is -0.300. The van der Waals surface area contributed by atoms with Gasteiger partial charge in [0.1, 0.15) is 12.4 Å². The topological polar surface area (TPSA) is 84.7 Å². The molecule has 0 bridgehead atoms. The van der Waals surface area contributed by atoms with Gasteiger partial charge >= 0.3 is 0 Å². The fraction of sp³-hybridized carbons (Fsp3) is 0.273. The largest absolute Gasteiger partial charge is 0.488 e. The zero-order valence-electron chi connectivity index (χ0n) is 15.9. The Hall–Kier alpha value is -2.83. The van der Waals surface area contributed by atoms with Crippen LogP contribution in [0.1, 0.15) is 24.0 Å². The van der Waals surface area contributed by atoms with Crippen LogP contribution in [0.4, 0.5) is 5.69 Å². The number of carbonyl (C=O) groups is 2. The van der Waals surface area contributed by atoms with Gasteiger partial charge in [0, 0.05) is 22.8 Å². The summed E-state index contributed by atoms with van der Waals surface area (Å²) < 4.78 is 5.68. The van der Waals surface area contributed by atoms with Crippen molar-refractivity contribution < 1.29 is 14.3 Å². The van der Waals surface area contributed by atoms with Crippen molar-refractivity contribution in [2.45, 2.75) is 25.4 Å². The van der Waals surface area contributed by atoms with Crippen LogP contribution in [0.3, 0.4) is 0 Å². The number of primary amides is 1. The Morgan fingerprint density at radius 3 is 2.90 bits per heavy atom. The molecule has 1 fully saturated rings. The summed E-state index contributed by atoms with van der Waals surface area (Å²) in [6, 6.07) is 12.7. The van der Waals surface area contributed by atoms with Crippen molar-refractivity contribution in [2.75, 3.05) is 18.5 Å². The highest BCUT2D eigenvalue weighted by Gasteiger charge is 2.29. The Morgan fingerprint density at radius 2 is 2.07 bits per heavy atom. The average Bonchev–Trinajstić information content (AvgIpc) is 3.17. The van der Waals surface area contributed by atoms with Crippen LogP contribution < -0.4 is 15.8 Å². The predicted octanol–water partition coefficient (Wildman–Crippen LogP) is 3.20. The zero-order valence-corrected chi connectivity index (χ0v) is 16.6. The highest BCUT2D eigenvalue weighted by molar-refractivity contribution is 6.30. The molecule has 6 nitrogen and oxygen atoms in total. The predicted molar refractivity (Wildman–Crippen MR) is 113 cm³/mol. The lowest BCUT2D eigenvalue weighted by molar-refractivity contribution is -0.122. The number of hydrogen-bond acceptors (Lipinski definition) is 4. The molecular weight excluding hydrogens is 390 g/mol. The van der Waals surface area contributed by atoms with Gasteiger partial charge in [0.05, 0.1) is 11.6 Å². The minimum Gasteiger partial charge on any atom is -0.488 e. The Kier molecular flexibility index (Phi) is 5.56. The SMILES string of the molecule is NC(=O)C1CCCN1Cc1ccccc1NC(=O)C1=Cc2cc(Cl)ccc2OC1. The first-order valence-corrected chi connectivity index (χ1v) is 9.94. The van der Waals surface area contributed by atoms with Gasteiger partial charge in [-0.3, -0.25) is 14.5 Å². The molecule has 2 aliphatic rings. The molecular formula is C22H22ClN3O3. The summed E-state index contributed by atoms with van der Waals surface area (Å²) in [4.78, 5) is 26.6. The number of nitrogens with one attached hydrogen (secondary N) is 1. The molecule has 0 spiro atoms. The number of hydrogen-bond donors (Lipinski definition) is 2. The summed E-state index contributed by atoms with van der Waals surface area (Å²) in [5.41, 5.74) is 8.48. The summed E-state index contributed by atoms with van der Waals surface area (Å²) in [7, 11) is 0. The van der Waals surface area contributed by atoms with Gasteiger partial charge in [-0.1, -0.05) is 29.8 Å². The van der Waals surface area contributed by atoms with E-state index < -0.39 is 0 Å². The van der Waals surface area contributed by atoms with E-state index in [1.54, 1.807) is 24.3 Å². The van der Waals surface area contributed by atoms with Crippen molar-refractivity contribution in [3.8, 4) is 5.75 Å². The van der Waals surface area contributed by atoms with E-state index in [2.05, 4.69) is 10.2 Å². The normalized spacial score (nSPS) is 18.5. The zero-order chi connectivity index (χ0) is 20.4. The molecule has 2 aromatic carbocycles. The van der Waals surface area contributed by atoms with Gasteiger partial charge in [-0.2, -0.15) is 0 Å². The lowest BCUT2D eigenvalue weighted by Gasteiger charge is -2.23. The first-order valence-electron chi connectivity index (χ1n) is 9.57. The van der Waals surface area contributed by atoms with E-state index >= 15 is 0 Å². The van der Waals surface area contributed by atoms with Gasteiger partial charge in [-0.05, 0) is 55.3 Å². The fourth-order valence-electron chi connectivity index (χ4n) is 3.82. The average molecular weight is 412 g/mol. The number of amides is 2. The van der Waals surface area contributed by atoms with E-state index in [0.717, 1.165) is 30.5 Å². The lowest BCUT2D eigenvalue weighted by atomic mass is 10.1. The molecule has 0 radical (unpaired) electrons. The van der Waals surface area contributed by atoms with Crippen LogP contribution in [0, 0.1) is 0 Å². The van der Waals surface area contributed by atoms with Crippen LogP contribution in [-0.4, -0.2) is 35.9 Å². The highest BCUT2D eigenvalue weighted by atomic mass is 35.5. The molecule has 3 N–H and O–H groups in total. The van der Waals surface area contributed by atoms with Crippen molar-refractivity contribution in [1.82, 2.24) is 4.90 Å². The monoisotopic (exact) mass is 411 g/mol. The molecule has 0 aliphatic carbocycles.